The highest BCUT2D eigenvalue weighted by atomic mass is 16.4. The number of hydrogen-bond acceptors (Lipinski definition) is 2. The molecule has 1 rings (SSSR count). The van der Waals surface area contributed by atoms with Crippen molar-refractivity contribution in [3.05, 3.63) is 24.0 Å². The van der Waals surface area contributed by atoms with Crippen LogP contribution in [0.3, 0.4) is 0 Å². The normalized spacial score (nSPS) is 11.3. The van der Waals surface area contributed by atoms with Crippen LogP contribution in [0.15, 0.2) is 18.3 Å². The molecule has 0 fully saturated rings. The Hall–Kier alpha value is -1.78. The quantitative estimate of drug-likeness (QED) is 0.838. The summed E-state index contributed by atoms with van der Waals surface area (Å²) in [6.07, 6.45) is 2.48. The van der Waals surface area contributed by atoms with E-state index in [4.69, 9.17) is 5.11 Å². The highest BCUT2D eigenvalue weighted by Crippen LogP contribution is 2.16. The topological polar surface area (TPSA) is 71.3 Å². The minimum Gasteiger partial charge on any atom is -0.477 e. The monoisotopic (exact) mass is 252 g/mol. The molecule has 1 aromatic heterocycles. The van der Waals surface area contributed by atoms with E-state index >= 15 is 0 Å². The molecule has 0 saturated heterocycles. The van der Waals surface area contributed by atoms with Gasteiger partial charge in [-0.15, -0.1) is 0 Å². The lowest BCUT2D eigenvalue weighted by molar-refractivity contribution is -0.121. The van der Waals surface area contributed by atoms with Crippen molar-refractivity contribution in [1.29, 1.82) is 0 Å². The van der Waals surface area contributed by atoms with Gasteiger partial charge in [0.05, 0.1) is 0 Å². The van der Waals surface area contributed by atoms with Crippen molar-refractivity contribution < 1.29 is 14.7 Å². The van der Waals surface area contributed by atoms with Crippen LogP contribution in [0.2, 0.25) is 0 Å². The van der Waals surface area contributed by atoms with Crippen LogP contribution in [-0.2, 0) is 11.3 Å². The van der Waals surface area contributed by atoms with Crippen LogP contribution in [0.5, 0.6) is 0 Å². The summed E-state index contributed by atoms with van der Waals surface area (Å²) in [7, 11) is 0. The first-order valence-corrected chi connectivity index (χ1v) is 5.95. The maximum Gasteiger partial charge on any atom is 0.352 e. The number of nitrogens with one attached hydrogen (secondary N) is 1. The van der Waals surface area contributed by atoms with Crippen LogP contribution in [-0.4, -0.2) is 28.1 Å². The predicted octanol–water partition coefficient (Wildman–Crippen LogP) is 1.74. The van der Waals surface area contributed by atoms with E-state index in [1.54, 1.807) is 12.3 Å². The van der Waals surface area contributed by atoms with Gasteiger partial charge in [0.15, 0.2) is 0 Å². The summed E-state index contributed by atoms with van der Waals surface area (Å²) >= 11 is 0. The molecular weight excluding hydrogens is 232 g/mol. The van der Waals surface area contributed by atoms with Crippen LogP contribution >= 0.6 is 0 Å². The first-order valence-electron chi connectivity index (χ1n) is 5.95. The minimum absolute atomic E-state index is 0.0405. The van der Waals surface area contributed by atoms with Crippen molar-refractivity contribution in [1.82, 2.24) is 9.88 Å². The molecule has 0 saturated carbocycles. The molecule has 1 aromatic rings. The van der Waals surface area contributed by atoms with Gasteiger partial charge >= 0.3 is 5.97 Å². The van der Waals surface area contributed by atoms with Gasteiger partial charge < -0.3 is 15.0 Å². The summed E-state index contributed by atoms with van der Waals surface area (Å²) in [6.45, 7) is 6.96. The predicted molar refractivity (Wildman–Crippen MR) is 68.5 cm³/mol. The van der Waals surface area contributed by atoms with Gasteiger partial charge in [0, 0.05) is 12.7 Å². The Bertz CT molecular complexity index is 430. The standard InChI is InChI=1S/C13H20N2O3/c1-13(2,3)6-7-14-11(16)9-15-8-4-5-10(15)12(17)18/h4-5,8H,6-7,9H2,1-3H3,(H,14,16)(H,17,18). The van der Waals surface area contributed by atoms with Gasteiger partial charge in [-0.25, -0.2) is 4.79 Å². The zero-order chi connectivity index (χ0) is 13.8. The van der Waals surface area contributed by atoms with Gasteiger partial charge in [0.2, 0.25) is 5.91 Å². The minimum atomic E-state index is -1.03. The Labute approximate surface area is 107 Å². The summed E-state index contributed by atoms with van der Waals surface area (Å²) in [6, 6.07) is 3.09. The largest absolute Gasteiger partial charge is 0.477 e. The molecule has 2 N–H and O–H groups in total. The molecule has 0 aromatic carbocycles. The number of nitrogens with zero attached hydrogens (tertiary/aromatic N) is 1. The Morgan fingerprint density at radius 2 is 2.06 bits per heavy atom. The first-order chi connectivity index (χ1) is 8.29. The highest BCUT2D eigenvalue weighted by Gasteiger charge is 2.13. The van der Waals surface area contributed by atoms with Crippen molar-refractivity contribution in [2.45, 2.75) is 33.7 Å². The zero-order valence-electron chi connectivity index (χ0n) is 11.1. The third kappa shape index (κ3) is 4.61. The highest BCUT2D eigenvalue weighted by molar-refractivity contribution is 5.86. The molecule has 0 spiro atoms. The molecule has 0 aliphatic carbocycles. The van der Waals surface area contributed by atoms with Crippen LogP contribution < -0.4 is 5.32 Å². The van der Waals surface area contributed by atoms with E-state index in [0.29, 0.717) is 6.54 Å². The molecule has 0 bridgehead atoms. The Morgan fingerprint density at radius 1 is 1.39 bits per heavy atom. The van der Waals surface area contributed by atoms with E-state index in [-0.39, 0.29) is 23.6 Å². The summed E-state index contributed by atoms with van der Waals surface area (Å²) in [5.41, 5.74) is 0.299. The maximum atomic E-state index is 11.6. The molecule has 0 unspecified atom stereocenters. The number of carbonyl (C=O) groups excluding carboxylic acids is 1. The van der Waals surface area contributed by atoms with Gasteiger partial charge in [0.25, 0.3) is 0 Å². The fraction of sp³-hybridized carbons (Fsp3) is 0.538. The third-order valence-electron chi connectivity index (χ3n) is 2.56. The second kappa shape index (κ2) is 5.71. The lowest BCUT2D eigenvalue weighted by Gasteiger charge is -2.18. The van der Waals surface area contributed by atoms with E-state index in [2.05, 4.69) is 26.1 Å². The van der Waals surface area contributed by atoms with Crippen LogP contribution in [0.1, 0.15) is 37.7 Å². The van der Waals surface area contributed by atoms with E-state index in [0.717, 1.165) is 6.42 Å². The second-order valence-corrected chi connectivity index (χ2v) is 5.49. The molecule has 1 amide bonds. The number of aromatic carboxylic acids is 1. The fourth-order valence-electron chi connectivity index (χ4n) is 1.53. The van der Waals surface area contributed by atoms with Crippen molar-refractivity contribution >= 4 is 11.9 Å². The summed E-state index contributed by atoms with van der Waals surface area (Å²) < 4.78 is 1.43. The first kappa shape index (κ1) is 14.3. The number of carboxylic acid groups (broad SMARTS) is 1. The van der Waals surface area contributed by atoms with Gasteiger partial charge in [-0.05, 0) is 24.0 Å². The molecule has 18 heavy (non-hydrogen) atoms. The van der Waals surface area contributed by atoms with Crippen LogP contribution in [0.25, 0.3) is 0 Å². The molecule has 0 atom stereocenters. The van der Waals surface area contributed by atoms with Crippen molar-refractivity contribution in [3.8, 4) is 0 Å². The van der Waals surface area contributed by atoms with E-state index in [1.165, 1.54) is 10.6 Å². The summed E-state index contributed by atoms with van der Waals surface area (Å²) in [4.78, 5) is 22.5. The van der Waals surface area contributed by atoms with Crippen molar-refractivity contribution in [2.75, 3.05) is 6.54 Å². The molecule has 5 heteroatoms. The number of rotatable bonds is 5. The molecule has 5 nitrogen and oxygen atoms in total. The van der Waals surface area contributed by atoms with Crippen LogP contribution in [0, 0.1) is 5.41 Å². The third-order valence-corrected chi connectivity index (χ3v) is 2.56. The Balaban J connectivity index is 2.45. The number of aromatic nitrogens is 1. The van der Waals surface area contributed by atoms with Crippen molar-refractivity contribution in [2.24, 2.45) is 5.41 Å². The van der Waals surface area contributed by atoms with Crippen molar-refractivity contribution in [3.63, 3.8) is 0 Å². The Morgan fingerprint density at radius 3 is 2.61 bits per heavy atom. The Kier molecular flexibility index (Phi) is 4.53. The zero-order valence-corrected chi connectivity index (χ0v) is 11.1. The molecule has 100 valence electrons. The van der Waals surface area contributed by atoms with Gasteiger partial charge in [-0.1, -0.05) is 20.8 Å². The number of carbonyl (C=O) groups is 2. The smallest absolute Gasteiger partial charge is 0.352 e. The second-order valence-electron chi connectivity index (χ2n) is 5.49. The number of carboxylic acids is 1. The summed E-state index contributed by atoms with van der Waals surface area (Å²) in [5.74, 6) is -1.19. The fourth-order valence-corrected chi connectivity index (χ4v) is 1.53. The van der Waals surface area contributed by atoms with E-state index in [1.807, 2.05) is 0 Å². The molecular formula is C13H20N2O3. The van der Waals surface area contributed by atoms with E-state index < -0.39 is 5.97 Å². The lowest BCUT2D eigenvalue weighted by Crippen LogP contribution is -2.31. The molecule has 1 heterocycles. The maximum absolute atomic E-state index is 11.6. The van der Waals surface area contributed by atoms with Crippen LogP contribution in [0.4, 0.5) is 0 Å². The molecule has 0 aliphatic rings. The SMILES string of the molecule is CC(C)(C)CCNC(=O)Cn1cccc1C(=O)O. The average Bonchev–Trinajstić information content (AvgIpc) is 2.63. The molecule has 0 aliphatic heterocycles. The van der Waals surface area contributed by atoms with Gasteiger partial charge in [0.1, 0.15) is 12.2 Å². The number of hydrogen-bond donors (Lipinski definition) is 2. The average molecular weight is 252 g/mol. The van der Waals surface area contributed by atoms with Gasteiger partial charge in [-0.3, -0.25) is 4.79 Å². The summed E-state index contributed by atoms with van der Waals surface area (Å²) in [5, 5.41) is 11.7. The van der Waals surface area contributed by atoms with E-state index in [9.17, 15) is 9.59 Å². The lowest BCUT2D eigenvalue weighted by atomic mass is 9.92. The number of amides is 1. The van der Waals surface area contributed by atoms with Gasteiger partial charge in [-0.2, -0.15) is 0 Å². The molecule has 0 radical (unpaired) electrons.